The second-order valence-electron chi connectivity index (χ2n) is 5.28. The first-order valence-corrected chi connectivity index (χ1v) is 7.21. The minimum absolute atomic E-state index is 0.0452. The van der Waals surface area contributed by atoms with Crippen LogP contribution in [-0.4, -0.2) is 18.0 Å². The molecule has 0 saturated carbocycles. The van der Waals surface area contributed by atoms with Gasteiger partial charge in [0.15, 0.2) is 6.29 Å². The van der Waals surface area contributed by atoms with Crippen molar-refractivity contribution in [3.63, 3.8) is 0 Å². The van der Waals surface area contributed by atoms with Crippen molar-refractivity contribution >= 4 is 10.8 Å². The second-order valence-corrected chi connectivity index (χ2v) is 5.28. The topological polar surface area (TPSA) is 38.7 Å². The molecule has 0 aromatic heterocycles. The Morgan fingerprint density at radius 2 is 1.80 bits per heavy atom. The molecule has 1 N–H and O–H groups in total. The molecular formula is C17H20O3. The van der Waals surface area contributed by atoms with Crippen LogP contribution in [0.1, 0.15) is 30.4 Å². The minimum atomic E-state index is -0.0452. The summed E-state index contributed by atoms with van der Waals surface area (Å²) in [7, 11) is 0. The molecule has 1 saturated heterocycles. The molecular weight excluding hydrogens is 252 g/mol. The summed E-state index contributed by atoms with van der Waals surface area (Å²) in [6, 6.07) is 12.3. The van der Waals surface area contributed by atoms with Crippen molar-refractivity contribution in [3.05, 3.63) is 47.5 Å². The Kier molecular flexibility index (Phi) is 4.31. The normalized spacial score (nSPS) is 19.4. The Bertz CT molecular complexity index is 573. The van der Waals surface area contributed by atoms with E-state index in [1.54, 1.807) is 0 Å². The molecule has 2 aromatic rings. The average Bonchev–Trinajstić information content (AvgIpc) is 2.53. The zero-order valence-electron chi connectivity index (χ0n) is 11.5. The summed E-state index contributed by atoms with van der Waals surface area (Å²) in [6.07, 6.45) is 3.28. The predicted octanol–water partition coefficient (Wildman–Crippen LogP) is 3.38. The summed E-state index contributed by atoms with van der Waals surface area (Å²) >= 11 is 0. The molecule has 1 aliphatic heterocycles. The van der Waals surface area contributed by atoms with Gasteiger partial charge in [-0.2, -0.15) is 0 Å². The van der Waals surface area contributed by atoms with Crippen molar-refractivity contribution in [2.75, 3.05) is 6.61 Å². The summed E-state index contributed by atoms with van der Waals surface area (Å²) in [4.78, 5) is 0. The molecule has 0 amide bonds. The minimum Gasteiger partial charge on any atom is -0.392 e. The lowest BCUT2D eigenvalue weighted by molar-refractivity contribution is -0.168. The van der Waals surface area contributed by atoms with E-state index in [0.29, 0.717) is 6.61 Å². The maximum absolute atomic E-state index is 9.15. The zero-order valence-corrected chi connectivity index (χ0v) is 11.5. The van der Waals surface area contributed by atoms with Crippen LogP contribution in [0.3, 0.4) is 0 Å². The smallest absolute Gasteiger partial charge is 0.158 e. The highest BCUT2D eigenvalue weighted by molar-refractivity contribution is 5.83. The number of benzene rings is 2. The first-order valence-electron chi connectivity index (χ1n) is 7.21. The first kappa shape index (κ1) is 13.6. The number of hydrogen-bond acceptors (Lipinski definition) is 3. The van der Waals surface area contributed by atoms with Gasteiger partial charge in [-0.25, -0.2) is 0 Å². The van der Waals surface area contributed by atoms with Crippen molar-refractivity contribution in [3.8, 4) is 0 Å². The summed E-state index contributed by atoms with van der Waals surface area (Å²) < 4.78 is 11.4. The molecule has 106 valence electrons. The number of hydrogen-bond donors (Lipinski definition) is 1. The van der Waals surface area contributed by atoms with Gasteiger partial charge in [0.2, 0.25) is 0 Å². The van der Waals surface area contributed by atoms with Crippen LogP contribution in [0.15, 0.2) is 36.4 Å². The lowest BCUT2D eigenvalue weighted by atomic mass is 10.0. The fourth-order valence-corrected chi connectivity index (χ4v) is 2.56. The second kappa shape index (κ2) is 6.35. The molecule has 3 nitrogen and oxygen atoms in total. The van der Waals surface area contributed by atoms with Crippen LogP contribution in [0.2, 0.25) is 0 Å². The number of fused-ring (bicyclic) bond motifs is 1. The molecule has 20 heavy (non-hydrogen) atoms. The van der Waals surface area contributed by atoms with Crippen molar-refractivity contribution in [1.29, 1.82) is 0 Å². The molecule has 3 rings (SSSR count). The van der Waals surface area contributed by atoms with Gasteiger partial charge >= 0.3 is 0 Å². The molecule has 3 heteroatoms. The van der Waals surface area contributed by atoms with Gasteiger partial charge in [0.1, 0.15) is 0 Å². The van der Waals surface area contributed by atoms with E-state index < -0.39 is 0 Å². The number of ether oxygens (including phenoxy) is 2. The van der Waals surface area contributed by atoms with Gasteiger partial charge in [-0.15, -0.1) is 0 Å². The fraction of sp³-hybridized carbons (Fsp3) is 0.412. The standard InChI is InChI=1S/C17H20O3/c18-11-13-4-6-16-10-14(5-7-15(16)9-13)12-20-17-3-1-2-8-19-17/h4-7,9-10,17-18H,1-3,8,11-12H2. The number of aliphatic hydroxyl groups excluding tert-OH is 1. The van der Waals surface area contributed by atoms with E-state index in [-0.39, 0.29) is 12.9 Å². The van der Waals surface area contributed by atoms with Gasteiger partial charge in [-0.3, -0.25) is 0 Å². The SMILES string of the molecule is OCc1ccc2cc(COC3CCCCO3)ccc2c1. The highest BCUT2D eigenvalue weighted by Crippen LogP contribution is 2.20. The van der Waals surface area contributed by atoms with E-state index >= 15 is 0 Å². The van der Waals surface area contributed by atoms with Gasteiger partial charge in [0.05, 0.1) is 13.2 Å². The van der Waals surface area contributed by atoms with Crippen molar-refractivity contribution in [2.24, 2.45) is 0 Å². The predicted molar refractivity (Wildman–Crippen MR) is 78.3 cm³/mol. The molecule has 1 fully saturated rings. The number of rotatable bonds is 4. The monoisotopic (exact) mass is 272 g/mol. The first-order chi connectivity index (χ1) is 9.85. The van der Waals surface area contributed by atoms with Crippen LogP contribution in [0.4, 0.5) is 0 Å². The largest absolute Gasteiger partial charge is 0.392 e. The van der Waals surface area contributed by atoms with Crippen molar-refractivity contribution in [2.45, 2.75) is 38.8 Å². The van der Waals surface area contributed by atoms with Gasteiger partial charge in [-0.1, -0.05) is 24.3 Å². The molecule has 1 unspecified atom stereocenters. The molecule has 1 atom stereocenters. The van der Waals surface area contributed by atoms with E-state index in [9.17, 15) is 0 Å². The molecule has 2 aromatic carbocycles. The van der Waals surface area contributed by atoms with Gasteiger partial charge in [0, 0.05) is 6.61 Å². The molecule has 1 heterocycles. The molecule has 0 spiro atoms. The average molecular weight is 272 g/mol. The Morgan fingerprint density at radius 1 is 1.05 bits per heavy atom. The van der Waals surface area contributed by atoms with Crippen LogP contribution in [0.5, 0.6) is 0 Å². The van der Waals surface area contributed by atoms with Gasteiger partial charge in [0.25, 0.3) is 0 Å². The third-order valence-electron chi connectivity index (χ3n) is 3.73. The summed E-state index contributed by atoms with van der Waals surface area (Å²) in [6.45, 7) is 1.48. The summed E-state index contributed by atoms with van der Waals surface area (Å²) in [5, 5.41) is 11.5. The molecule has 0 radical (unpaired) electrons. The Labute approximate surface area is 119 Å². The fourth-order valence-electron chi connectivity index (χ4n) is 2.56. The molecule has 0 aliphatic carbocycles. The summed E-state index contributed by atoms with van der Waals surface area (Å²) in [5.74, 6) is 0. The van der Waals surface area contributed by atoms with Gasteiger partial charge in [-0.05, 0) is 53.3 Å². The summed E-state index contributed by atoms with van der Waals surface area (Å²) in [5.41, 5.74) is 2.10. The lowest BCUT2D eigenvalue weighted by Crippen LogP contribution is -2.21. The van der Waals surface area contributed by atoms with Crippen LogP contribution in [0.25, 0.3) is 10.8 Å². The van der Waals surface area contributed by atoms with Crippen molar-refractivity contribution in [1.82, 2.24) is 0 Å². The van der Waals surface area contributed by atoms with Gasteiger partial charge < -0.3 is 14.6 Å². The third kappa shape index (κ3) is 3.18. The highest BCUT2D eigenvalue weighted by Gasteiger charge is 2.13. The van der Waals surface area contributed by atoms with E-state index in [0.717, 1.165) is 36.0 Å². The van der Waals surface area contributed by atoms with Crippen LogP contribution in [-0.2, 0) is 22.7 Å². The van der Waals surface area contributed by atoms with E-state index in [1.165, 1.54) is 11.8 Å². The lowest BCUT2D eigenvalue weighted by Gasteiger charge is -2.22. The molecule has 0 bridgehead atoms. The Balaban J connectivity index is 1.69. The van der Waals surface area contributed by atoms with E-state index in [1.807, 2.05) is 18.2 Å². The van der Waals surface area contributed by atoms with Crippen LogP contribution >= 0.6 is 0 Å². The Hall–Kier alpha value is -1.42. The number of aliphatic hydroxyl groups is 1. The van der Waals surface area contributed by atoms with E-state index in [4.69, 9.17) is 14.6 Å². The third-order valence-corrected chi connectivity index (χ3v) is 3.73. The highest BCUT2D eigenvalue weighted by atomic mass is 16.7. The maximum Gasteiger partial charge on any atom is 0.158 e. The maximum atomic E-state index is 9.15. The molecule has 1 aliphatic rings. The van der Waals surface area contributed by atoms with Crippen molar-refractivity contribution < 1.29 is 14.6 Å². The quantitative estimate of drug-likeness (QED) is 0.927. The van der Waals surface area contributed by atoms with Crippen LogP contribution in [0, 0.1) is 0 Å². The van der Waals surface area contributed by atoms with E-state index in [2.05, 4.69) is 18.2 Å². The zero-order chi connectivity index (χ0) is 13.8. The van der Waals surface area contributed by atoms with Crippen LogP contribution < -0.4 is 0 Å². The Morgan fingerprint density at radius 3 is 2.50 bits per heavy atom.